The number of aromatic carboxylic acids is 1. The van der Waals surface area contributed by atoms with Crippen LogP contribution in [-0.4, -0.2) is 20.9 Å². The van der Waals surface area contributed by atoms with Gasteiger partial charge in [-0.15, -0.1) is 0 Å². The summed E-state index contributed by atoms with van der Waals surface area (Å²) >= 11 is 0. The number of nitrogens with one attached hydrogen (secondary N) is 1. The van der Waals surface area contributed by atoms with E-state index in [1.165, 1.54) is 5.56 Å². The van der Waals surface area contributed by atoms with Gasteiger partial charge in [0.1, 0.15) is 10.7 Å². The zero-order chi connectivity index (χ0) is 18.6. The second kappa shape index (κ2) is 7.76. The summed E-state index contributed by atoms with van der Waals surface area (Å²) in [5, 5.41) is 10.8. The van der Waals surface area contributed by atoms with Gasteiger partial charge in [-0.05, 0) is 41.2 Å². The van der Waals surface area contributed by atoms with Crippen LogP contribution in [0.15, 0.2) is 47.4 Å². The number of carboxylic acids is 1. The van der Waals surface area contributed by atoms with E-state index in [1.54, 1.807) is 0 Å². The Morgan fingerprint density at radius 1 is 1.16 bits per heavy atom. The van der Waals surface area contributed by atoms with Gasteiger partial charge in [0.05, 0.1) is 5.97 Å². The fraction of sp³-hybridized carbons (Fsp3) is 0.278. The van der Waals surface area contributed by atoms with E-state index >= 15 is 0 Å². The monoisotopic (exact) mass is 364 g/mol. The lowest BCUT2D eigenvalue weighted by atomic mass is 10.0. The molecule has 0 bridgehead atoms. The molecule has 25 heavy (non-hydrogen) atoms. The molecule has 0 aliphatic rings. The first kappa shape index (κ1) is 19.1. The molecule has 134 valence electrons. The van der Waals surface area contributed by atoms with E-state index in [4.69, 9.17) is 0 Å². The average Bonchev–Trinajstić information content (AvgIpc) is 2.55. The first-order chi connectivity index (χ1) is 11.7. The summed E-state index contributed by atoms with van der Waals surface area (Å²) in [6.07, 6.45) is 0.430. The Kier molecular flexibility index (Phi) is 5.92. The van der Waals surface area contributed by atoms with Crippen LogP contribution in [0, 0.1) is 5.82 Å². The van der Waals surface area contributed by atoms with Crippen LogP contribution in [0.1, 0.15) is 41.3 Å². The van der Waals surface area contributed by atoms with Gasteiger partial charge in [0.15, 0.2) is 0 Å². The molecule has 0 aliphatic carbocycles. The fourth-order valence-electron chi connectivity index (χ4n) is 2.31. The third-order valence-corrected chi connectivity index (χ3v) is 5.28. The predicted molar refractivity (Wildman–Crippen MR) is 90.2 cm³/mol. The Balaban J connectivity index is 2.07. The SMILES string of the molecule is CC(C)c1ccc(CCNS(=O)(=O)c2cc(C(=O)[O-])ccc2F)cc1. The molecule has 2 aromatic rings. The van der Waals surface area contributed by atoms with Gasteiger partial charge in [0, 0.05) is 6.54 Å². The minimum atomic E-state index is -4.15. The smallest absolute Gasteiger partial charge is 0.243 e. The Bertz CT molecular complexity index is 861. The molecule has 0 aromatic heterocycles. The van der Waals surface area contributed by atoms with Gasteiger partial charge in [-0.1, -0.05) is 44.2 Å². The molecular weight excluding hydrogens is 345 g/mol. The lowest BCUT2D eigenvalue weighted by Gasteiger charge is -2.11. The highest BCUT2D eigenvalue weighted by Gasteiger charge is 2.19. The number of carbonyl (C=O) groups is 1. The van der Waals surface area contributed by atoms with Gasteiger partial charge >= 0.3 is 0 Å². The molecule has 5 nitrogen and oxygen atoms in total. The standard InChI is InChI=1S/C18H20FNO4S/c1-12(2)14-5-3-13(4-6-14)9-10-20-25(23,24)17-11-15(18(21)22)7-8-16(17)19/h3-8,11-12,20H,9-10H2,1-2H3,(H,21,22)/p-1. The van der Waals surface area contributed by atoms with Crippen molar-refractivity contribution in [3.63, 3.8) is 0 Å². The van der Waals surface area contributed by atoms with Crippen LogP contribution < -0.4 is 9.83 Å². The van der Waals surface area contributed by atoms with Crippen molar-refractivity contribution < 1.29 is 22.7 Å². The van der Waals surface area contributed by atoms with Crippen LogP contribution in [-0.2, 0) is 16.4 Å². The van der Waals surface area contributed by atoms with E-state index in [2.05, 4.69) is 18.6 Å². The molecule has 0 amide bonds. The summed E-state index contributed by atoms with van der Waals surface area (Å²) < 4.78 is 40.4. The van der Waals surface area contributed by atoms with Crippen molar-refractivity contribution in [3.8, 4) is 0 Å². The van der Waals surface area contributed by atoms with Crippen LogP contribution in [0.4, 0.5) is 4.39 Å². The van der Waals surface area contributed by atoms with Crippen LogP contribution in [0.25, 0.3) is 0 Å². The fourth-order valence-corrected chi connectivity index (χ4v) is 3.45. The Morgan fingerprint density at radius 3 is 2.36 bits per heavy atom. The molecule has 0 saturated carbocycles. The number of benzene rings is 2. The number of halogens is 1. The molecule has 1 N–H and O–H groups in total. The van der Waals surface area contributed by atoms with Gasteiger partial charge in [-0.2, -0.15) is 0 Å². The highest BCUT2D eigenvalue weighted by atomic mass is 32.2. The van der Waals surface area contributed by atoms with Crippen molar-refractivity contribution in [1.29, 1.82) is 0 Å². The van der Waals surface area contributed by atoms with Crippen molar-refractivity contribution in [2.45, 2.75) is 31.1 Å². The van der Waals surface area contributed by atoms with Gasteiger partial charge < -0.3 is 9.90 Å². The predicted octanol–water partition coefficient (Wildman–Crippen LogP) is 1.83. The molecule has 2 rings (SSSR count). The summed E-state index contributed by atoms with van der Waals surface area (Å²) in [5.41, 5.74) is 1.73. The van der Waals surface area contributed by atoms with Crippen LogP contribution >= 0.6 is 0 Å². The zero-order valence-corrected chi connectivity index (χ0v) is 14.8. The molecule has 0 radical (unpaired) electrons. The van der Waals surface area contributed by atoms with E-state index < -0.39 is 32.3 Å². The largest absolute Gasteiger partial charge is 0.545 e. The quantitative estimate of drug-likeness (QED) is 0.812. The third-order valence-electron chi connectivity index (χ3n) is 3.81. The summed E-state index contributed by atoms with van der Waals surface area (Å²) in [5.74, 6) is -2.17. The maximum atomic E-state index is 13.8. The number of sulfonamides is 1. The van der Waals surface area contributed by atoms with Gasteiger partial charge in [0.2, 0.25) is 10.0 Å². The molecule has 0 fully saturated rings. The van der Waals surface area contributed by atoms with E-state index in [0.717, 1.165) is 23.8 Å². The topological polar surface area (TPSA) is 86.3 Å². The number of hydrogen-bond donors (Lipinski definition) is 1. The summed E-state index contributed by atoms with van der Waals surface area (Å²) in [6.45, 7) is 4.23. The summed E-state index contributed by atoms with van der Waals surface area (Å²) in [4.78, 5) is 10.1. The number of hydrogen-bond acceptors (Lipinski definition) is 4. The zero-order valence-electron chi connectivity index (χ0n) is 14.0. The maximum Gasteiger partial charge on any atom is 0.243 e. The van der Waals surface area contributed by atoms with Crippen molar-refractivity contribution in [2.24, 2.45) is 0 Å². The van der Waals surface area contributed by atoms with Crippen LogP contribution in [0.5, 0.6) is 0 Å². The molecule has 0 heterocycles. The van der Waals surface area contributed by atoms with Crippen molar-refractivity contribution in [2.75, 3.05) is 6.54 Å². The van der Waals surface area contributed by atoms with Crippen molar-refractivity contribution >= 4 is 16.0 Å². The highest BCUT2D eigenvalue weighted by Crippen LogP contribution is 2.17. The second-order valence-corrected chi connectivity index (χ2v) is 7.71. The van der Waals surface area contributed by atoms with Crippen molar-refractivity contribution in [3.05, 3.63) is 65.0 Å². The minimum Gasteiger partial charge on any atom is -0.545 e. The van der Waals surface area contributed by atoms with Gasteiger partial charge in [-0.25, -0.2) is 17.5 Å². The summed E-state index contributed by atoms with van der Waals surface area (Å²) in [7, 11) is -4.15. The van der Waals surface area contributed by atoms with E-state index in [1.807, 2.05) is 24.3 Å². The van der Waals surface area contributed by atoms with Crippen molar-refractivity contribution in [1.82, 2.24) is 4.72 Å². The van der Waals surface area contributed by atoms with Gasteiger partial charge in [-0.3, -0.25) is 0 Å². The lowest BCUT2D eigenvalue weighted by Crippen LogP contribution is -2.28. The molecule has 7 heteroatoms. The summed E-state index contributed by atoms with van der Waals surface area (Å²) in [6, 6.07) is 10.3. The van der Waals surface area contributed by atoms with E-state index in [-0.39, 0.29) is 6.54 Å². The average molecular weight is 364 g/mol. The number of carbonyl (C=O) groups excluding carboxylic acids is 1. The molecular formula is C18H19FNO4S-. The lowest BCUT2D eigenvalue weighted by molar-refractivity contribution is -0.255. The Morgan fingerprint density at radius 2 is 1.80 bits per heavy atom. The van der Waals surface area contributed by atoms with Crippen LogP contribution in [0.2, 0.25) is 0 Å². The molecule has 0 spiro atoms. The second-order valence-electron chi connectivity index (χ2n) is 5.98. The first-order valence-corrected chi connectivity index (χ1v) is 9.28. The molecule has 0 unspecified atom stereocenters. The molecule has 0 atom stereocenters. The maximum absolute atomic E-state index is 13.8. The van der Waals surface area contributed by atoms with Crippen LogP contribution in [0.3, 0.4) is 0 Å². The number of carboxylic acid groups (broad SMARTS) is 1. The number of rotatable bonds is 7. The highest BCUT2D eigenvalue weighted by molar-refractivity contribution is 7.89. The van der Waals surface area contributed by atoms with E-state index in [9.17, 15) is 22.7 Å². The van der Waals surface area contributed by atoms with Gasteiger partial charge in [0.25, 0.3) is 0 Å². The molecule has 0 saturated heterocycles. The Labute approximate surface area is 146 Å². The first-order valence-electron chi connectivity index (χ1n) is 7.80. The third kappa shape index (κ3) is 4.87. The molecule has 2 aromatic carbocycles. The Hall–Kier alpha value is -2.25. The normalized spacial score (nSPS) is 11.7. The minimum absolute atomic E-state index is 0.0678. The van der Waals surface area contributed by atoms with E-state index in [0.29, 0.717) is 12.3 Å². The molecule has 0 aliphatic heterocycles.